The van der Waals surface area contributed by atoms with Gasteiger partial charge in [-0.05, 0) is 37.1 Å². The van der Waals surface area contributed by atoms with Crippen molar-refractivity contribution in [3.8, 4) is 0 Å². The van der Waals surface area contributed by atoms with Crippen LogP contribution in [0.25, 0.3) is 10.9 Å². The topological polar surface area (TPSA) is 34.5 Å². The van der Waals surface area contributed by atoms with Crippen molar-refractivity contribution in [3.63, 3.8) is 0 Å². The van der Waals surface area contributed by atoms with E-state index in [1.54, 1.807) is 6.07 Å². The van der Waals surface area contributed by atoms with Crippen LogP contribution in [0.1, 0.15) is 24.5 Å². The summed E-state index contributed by atoms with van der Waals surface area (Å²) in [6.07, 6.45) is 2.92. The highest BCUT2D eigenvalue weighted by molar-refractivity contribution is 6.18. The predicted octanol–water partition coefficient (Wildman–Crippen LogP) is 5.29. The first-order chi connectivity index (χ1) is 13.5. The molecule has 6 heteroatoms. The van der Waals surface area contributed by atoms with E-state index in [4.69, 9.17) is 21.3 Å². The first-order valence-electron chi connectivity index (χ1n) is 9.08. The molecule has 2 unspecified atom stereocenters. The lowest BCUT2D eigenvalue weighted by Gasteiger charge is -2.36. The molecule has 0 saturated carbocycles. The maximum atomic E-state index is 13.9. The van der Waals surface area contributed by atoms with Crippen LogP contribution in [0.4, 0.5) is 8.78 Å². The summed E-state index contributed by atoms with van der Waals surface area (Å²) in [5.41, 5.74) is 1.22. The number of aromatic nitrogens is 1. The molecule has 3 aromatic rings. The molecule has 28 heavy (non-hydrogen) atoms. The molecule has 0 bridgehead atoms. The van der Waals surface area contributed by atoms with E-state index in [-0.39, 0.29) is 11.6 Å². The van der Waals surface area contributed by atoms with Gasteiger partial charge in [0.05, 0.1) is 17.5 Å². The fourth-order valence-electron chi connectivity index (χ4n) is 3.49. The summed E-state index contributed by atoms with van der Waals surface area (Å²) >= 11 is 6.19. The normalized spacial score (nSPS) is 22.0. The molecule has 0 saturated heterocycles. The van der Waals surface area contributed by atoms with Crippen LogP contribution in [0.2, 0.25) is 0 Å². The van der Waals surface area contributed by atoms with Crippen molar-refractivity contribution in [2.45, 2.75) is 31.4 Å². The van der Waals surface area contributed by atoms with Gasteiger partial charge in [-0.25, -0.2) is 13.8 Å². The molecule has 0 aliphatic carbocycles. The van der Waals surface area contributed by atoms with Crippen molar-refractivity contribution < 1.29 is 13.5 Å². The summed E-state index contributed by atoms with van der Waals surface area (Å²) in [7, 11) is 0. The van der Waals surface area contributed by atoms with Gasteiger partial charge in [-0.2, -0.15) is 0 Å². The summed E-state index contributed by atoms with van der Waals surface area (Å²) in [4.78, 5) is 8.86. The number of aliphatic imine (C=N–C) groups is 1. The first kappa shape index (κ1) is 18.8. The first-order valence-corrected chi connectivity index (χ1v) is 9.62. The molecular weight excluding hydrogens is 382 g/mol. The van der Waals surface area contributed by atoms with Gasteiger partial charge >= 0.3 is 0 Å². The highest BCUT2D eigenvalue weighted by Crippen LogP contribution is 2.30. The minimum atomic E-state index is -0.955. The Morgan fingerprint density at radius 3 is 2.71 bits per heavy atom. The zero-order chi connectivity index (χ0) is 19.7. The molecular formula is C22H19ClF2N2O. The van der Waals surface area contributed by atoms with E-state index in [1.165, 1.54) is 17.8 Å². The molecule has 144 valence electrons. The van der Waals surface area contributed by atoms with Gasteiger partial charge in [0, 0.05) is 18.0 Å². The van der Waals surface area contributed by atoms with Crippen molar-refractivity contribution in [3.05, 3.63) is 77.5 Å². The Hall–Kier alpha value is -2.53. The van der Waals surface area contributed by atoms with E-state index in [0.717, 1.165) is 12.5 Å². The van der Waals surface area contributed by atoms with Crippen LogP contribution in [-0.4, -0.2) is 28.4 Å². The monoisotopic (exact) mass is 400 g/mol. The van der Waals surface area contributed by atoms with Crippen molar-refractivity contribution in [1.82, 2.24) is 4.98 Å². The minimum absolute atomic E-state index is 0.00412. The van der Waals surface area contributed by atoms with Gasteiger partial charge < -0.3 is 4.74 Å². The largest absolute Gasteiger partial charge is 0.470 e. The summed E-state index contributed by atoms with van der Waals surface area (Å²) in [5, 5.41) is 0.487. The van der Waals surface area contributed by atoms with Crippen molar-refractivity contribution in [2.75, 3.05) is 5.88 Å². The average molecular weight is 401 g/mol. The van der Waals surface area contributed by atoms with E-state index in [1.807, 2.05) is 25.1 Å². The number of fused-ring (bicyclic) bond motifs is 1. The average Bonchev–Trinajstić information content (AvgIpc) is 2.71. The SMILES string of the molecule is CC1(CCl)CC(Cc2ccccc2)N=C(c2cnc3c(F)c(F)ccc3c2)O1. The van der Waals surface area contributed by atoms with Gasteiger partial charge in [-0.3, -0.25) is 4.98 Å². The van der Waals surface area contributed by atoms with Crippen LogP contribution in [0.3, 0.4) is 0 Å². The summed E-state index contributed by atoms with van der Waals surface area (Å²) in [6, 6.07) is 14.4. The molecule has 1 aliphatic heterocycles. The zero-order valence-corrected chi connectivity index (χ0v) is 16.1. The number of pyridine rings is 1. The maximum Gasteiger partial charge on any atom is 0.218 e. The van der Waals surface area contributed by atoms with E-state index < -0.39 is 17.2 Å². The Morgan fingerprint density at radius 1 is 1.18 bits per heavy atom. The van der Waals surface area contributed by atoms with Gasteiger partial charge in [0.15, 0.2) is 11.6 Å². The number of alkyl halides is 1. The number of rotatable bonds is 4. The molecule has 3 nitrogen and oxygen atoms in total. The highest BCUT2D eigenvalue weighted by Gasteiger charge is 2.35. The lowest BCUT2D eigenvalue weighted by Crippen LogP contribution is -2.42. The third kappa shape index (κ3) is 3.72. The van der Waals surface area contributed by atoms with Crippen LogP contribution in [0.5, 0.6) is 0 Å². The van der Waals surface area contributed by atoms with Crippen molar-refractivity contribution >= 4 is 28.4 Å². The molecule has 2 aromatic carbocycles. The zero-order valence-electron chi connectivity index (χ0n) is 15.3. The molecule has 1 aliphatic rings. The second-order valence-corrected chi connectivity index (χ2v) is 7.59. The number of benzene rings is 2. The van der Waals surface area contributed by atoms with Crippen LogP contribution in [0.15, 0.2) is 59.7 Å². The third-order valence-corrected chi connectivity index (χ3v) is 5.46. The predicted molar refractivity (Wildman–Crippen MR) is 107 cm³/mol. The molecule has 0 spiro atoms. The third-order valence-electron chi connectivity index (χ3n) is 4.90. The Kier molecular flexibility index (Phi) is 5.02. The van der Waals surface area contributed by atoms with E-state index in [2.05, 4.69) is 17.1 Å². The second kappa shape index (κ2) is 7.47. The summed E-state index contributed by atoms with van der Waals surface area (Å²) in [6.45, 7) is 1.95. The van der Waals surface area contributed by atoms with Crippen molar-refractivity contribution in [2.24, 2.45) is 4.99 Å². The number of hydrogen-bond acceptors (Lipinski definition) is 3. The second-order valence-electron chi connectivity index (χ2n) is 7.32. The number of ether oxygens (including phenoxy) is 1. The number of halogens is 3. The lowest BCUT2D eigenvalue weighted by atomic mass is 9.92. The minimum Gasteiger partial charge on any atom is -0.470 e. The van der Waals surface area contributed by atoms with E-state index in [9.17, 15) is 8.78 Å². The molecule has 2 atom stereocenters. The molecule has 0 radical (unpaired) electrons. The Balaban J connectivity index is 1.71. The Bertz CT molecular complexity index is 1040. The standard InChI is InChI=1S/C22H19ClF2N2O/c1-22(13-23)11-17(9-14-5-3-2-4-6-14)27-21(28-22)16-10-15-7-8-18(24)19(25)20(15)26-12-16/h2-8,10,12,17H,9,11,13H2,1H3. The van der Waals surface area contributed by atoms with Crippen LogP contribution >= 0.6 is 11.6 Å². The quantitative estimate of drug-likeness (QED) is 0.558. The molecule has 4 rings (SSSR count). The summed E-state index contributed by atoms with van der Waals surface area (Å²) in [5.74, 6) is -1.13. The molecule has 2 heterocycles. The maximum absolute atomic E-state index is 13.9. The Labute approximate surface area is 167 Å². The summed E-state index contributed by atoms with van der Waals surface area (Å²) < 4.78 is 33.5. The highest BCUT2D eigenvalue weighted by atomic mass is 35.5. The molecule has 0 N–H and O–H groups in total. The van der Waals surface area contributed by atoms with E-state index in [0.29, 0.717) is 29.1 Å². The molecule has 0 fully saturated rings. The van der Waals surface area contributed by atoms with E-state index >= 15 is 0 Å². The van der Waals surface area contributed by atoms with Crippen LogP contribution < -0.4 is 0 Å². The number of nitrogens with zero attached hydrogens (tertiary/aromatic N) is 2. The molecule has 1 aromatic heterocycles. The Morgan fingerprint density at radius 2 is 1.96 bits per heavy atom. The van der Waals surface area contributed by atoms with Gasteiger partial charge in [-0.15, -0.1) is 11.6 Å². The fourth-order valence-corrected chi connectivity index (χ4v) is 3.65. The van der Waals surface area contributed by atoms with Crippen LogP contribution in [0, 0.1) is 11.6 Å². The van der Waals surface area contributed by atoms with Gasteiger partial charge in [-0.1, -0.05) is 30.3 Å². The van der Waals surface area contributed by atoms with Gasteiger partial charge in [0.25, 0.3) is 0 Å². The van der Waals surface area contributed by atoms with Gasteiger partial charge in [0.1, 0.15) is 11.1 Å². The lowest BCUT2D eigenvalue weighted by molar-refractivity contribution is 0.0668. The van der Waals surface area contributed by atoms with Crippen LogP contribution in [-0.2, 0) is 11.2 Å². The molecule has 0 amide bonds. The smallest absolute Gasteiger partial charge is 0.218 e. The number of hydrogen-bond donors (Lipinski definition) is 0. The van der Waals surface area contributed by atoms with Crippen molar-refractivity contribution in [1.29, 1.82) is 0 Å². The fraction of sp³-hybridized carbons (Fsp3) is 0.273. The van der Waals surface area contributed by atoms with Gasteiger partial charge in [0.2, 0.25) is 5.90 Å².